The van der Waals surface area contributed by atoms with Crippen molar-refractivity contribution in [3.63, 3.8) is 0 Å². The van der Waals surface area contributed by atoms with Crippen LogP contribution in [0.5, 0.6) is 0 Å². The van der Waals surface area contributed by atoms with Crippen molar-refractivity contribution < 1.29 is 14.5 Å². The molecule has 1 aromatic heterocycles. The number of nitrogens with zero attached hydrogens (tertiary/aromatic N) is 5. The van der Waals surface area contributed by atoms with Crippen LogP contribution in [0.1, 0.15) is 12.8 Å². The van der Waals surface area contributed by atoms with E-state index in [0.717, 1.165) is 19.4 Å². The Morgan fingerprint density at radius 3 is 3.00 bits per heavy atom. The van der Waals surface area contributed by atoms with Gasteiger partial charge in [-0.1, -0.05) is 0 Å². The van der Waals surface area contributed by atoms with Gasteiger partial charge in [0.2, 0.25) is 11.8 Å². The number of piperidine rings is 1. The highest BCUT2D eigenvalue weighted by atomic mass is 16.6. The maximum atomic E-state index is 12.4. The van der Waals surface area contributed by atoms with Crippen molar-refractivity contribution in [2.75, 3.05) is 32.7 Å². The Balaban J connectivity index is 1.60. The highest BCUT2D eigenvalue weighted by Gasteiger charge is 2.31. The van der Waals surface area contributed by atoms with Gasteiger partial charge in [0.1, 0.15) is 6.54 Å². The second-order valence-corrected chi connectivity index (χ2v) is 6.03. The second-order valence-electron chi connectivity index (χ2n) is 6.03. The monoisotopic (exact) mass is 336 g/mol. The molecule has 1 atom stereocenters. The molecule has 2 aliphatic rings. The molecule has 0 aromatic carbocycles. The zero-order valence-corrected chi connectivity index (χ0v) is 13.3. The first-order chi connectivity index (χ1) is 11.5. The quantitative estimate of drug-likeness (QED) is 0.570. The number of nitro groups is 1. The Bertz CT molecular complexity index is 645. The highest BCUT2D eigenvalue weighted by Crippen LogP contribution is 2.17. The highest BCUT2D eigenvalue weighted by molar-refractivity contribution is 5.80. The summed E-state index contributed by atoms with van der Waals surface area (Å²) in [4.78, 5) is 38.1. The van der Waals surface area contributed by atoms with Gasteiger partial charge in [-0.25, -0.2) is 0 Å². The number of hydrogen-bond acceptors (Lipinski definition) is 6. The van der Waals surface area contributed by atoms with Crippen LogP contribution in [0.2, 0.25) is 0 Å². The summed E-state index contributed by atoms with van der Waals surface area (Å²) in [5.74, 6) is -0.339. The molecule has 0 saturated carbocycles. The molecule has 0 bridgehead atoms. The van der Waals surface area contributed by atoms with Crippen LogP contribution in [0.25, 0.3) is 0 Å². The molecule has 24 heavy (non-hydrogen) atoms. The van der Waals surface area contributed by atoms with Gasteiger partial charge in [0.25, 0.3) is 0 Å². The van der Waals surface area contributed by atoms with E-state index in [2.05, 4.69) is 10.4 Å². The molecule has 0 spiro atoms. The van der Waals surface area contributed by atoms with Gasteiger partial charge in [-0.2, -0.15) is 4.68 Å². The lowest BCUT2D eigenvalue weighted by Gasteiger charge is -2.41. The van der Waals surface area contributed by atoms with Gasteiger partial charge in [-0.15, -0.1) is 0 Å². The predicted octanol–water partition coefficient (Wildman–Crippen LogP) is -0.786. The Morgan fingerprint density at radius 2 is 2.29 bits per heavy atom. The lowest BCUT2D eigenvalue weighted by Crippen LogP contribution is -2.57. The molecule has 2 fully saturated rings. The first-order valence-electron chi connectivity index (χ1n) is 8.00. The Morgan fingerprint density at radius 1 is 1.46 bits per heavy atom. The third kappa shape index (κ3) is 3.53. The van der Waals surface area contributed by atoms with Gasteiger partial charge in [0.05, 0.1) is 23.9 Å². The summed E-state index contributed by atoms with van der Waals surface area (Å²) in [5.41, 5.74) is 0. The van der Waals surface area contributed by atoms with E-state index >= 15 is 0 Å². The van der Waals surface area contributed by atoms with E-state index < -0.39 is 4.92 Å². The van der Waals surface area contributed by atoms with E-state index in [-0.39, 0.29) is 30.2 Å². The maximum absolute atomic E-state index is 12.4. The lowest BCUT2D eigenvalue weighted by atomic mass is 10.0. The lowest BCUT2D eigenvalue weighted by molar-refractivity contribution is -0.389. The minimum atomic E-state index is -0.589. The van der Waals surface area contributed by atoms with Crippen LogP contribution in [-0.4, -0.2) is 75.1 Å². The Labute approximate surface area is 138 Å². The topological polar surface area (TPSA) is 114 Å². The fourth-order valence-corrected chi connectivity index (χ4v) is 3.22. The molecule has 10 heteroatoms. The third-order valence-electron chi connectivity index (χ3n) is 4.43. The Kier molecular flexibility index (Phi) is 4.74. The van der Waals surface area contributed by atoms with Crippen LogP contribution in [0.3, 0.4) is 0 Å². The average molecular weight is 336 g/mol. The number of carbonyl (C=O) groups excluding carboxylic acids is 2. The minimum Gasteiger partial charge on any atom is -0.358 e. The van der Waals surface area contributed by atoms with E-state index in [1.54, 1.807) is 4.90 Å². The van der Waals surface area contributed by atoms with Gasteiger partial charge >= 0.3 is 5.82 Å². The Hall–Kier alpha value is -2.49. The summed E-state index contributed by atoms with van der Waals surface area (Å²) in [7, 11) is 0. The summed E-state index contributed by atoms with van der Waals surface area (Å²) >= 11 is 0. The summed E-state index contributed by atoms with van der Waals surface area (Å²) in [6.07, 6.45) is 3.16. The number of hydrogen-bond donors (Lipinski definition) is 1. The molecule has 0 aliphatic carbocycles. The first kappa shape index (κ1) is 16.4. The van der Waals surface area contributed by atoms with E-state index in [0.29, 0.717) is 26.2 Å². The summed E-state index contributed by atoms with van der Waals surface area (Å²) in [6.45, 7) is 2.90. The molecule has 2 amide bonds. The van der Waals surface area contributed by atoms with Crippen LogP contribution in [0.15, 0.2) is 12.3 Å². The van der Waals surface area contributed by atoms with Crippen LogP contribution in [0.4, 0.5) is 5.82 Å². The fraction of sp³-hybridized carbons (Fsp3) is 0.643. The maximum Gasteiger partial charge on any atom is 0.389 e. The summed E-state index contributed by atoms with van der Waals surface area (Å²) in [6, 6.07) is 1.32. The van der Waals surface area contributed by atoms with Crippen LogP contribution in [0, 0.1) is 10.1 Å². The van der Waals surface area contributed by atoms with Gasteiger partial charge in [0.15, 0.2) is 0 Å². The standard InChI is InChI=1S/C14H20N6O4/c21-13-8-15-4-7-19(13)11-2-1-5-17(9-11)14(22)10-18-6-3-12(16-18)20(23)24/h3,6,11,15H,1-2,4-5,7-10H2. The summed E-state index contributed by atoms with van der Waals surface area (Å²) in [5, 5.41) is 17.4. The normalized spacial score (nSPS) is 21.8. The van der Waals surface area contributed by atoms with Gasteiger partial charge in [-0.05, 0) is 17.8 Å². The van der Waals surface area contributed by atoms with Crippen molar-refractivity contribution in [3.05, 3.63) is 22.4 Å². The summed E-state index contributed by atoms with van der Waals surface area (Å²) < 4.78 is 1.28. The zero-order chi connectivity index (χ0) is 17.1. The van der Waals surface area contributed by atoms with Crippen LogP contribution in [-0.2, 0) is 16.1 Å². The molecule has 3 rings (SSSR count). The molecule has 1 unspecified atom stereocenters. The molecule has 1 N–H and O–H groups in total. The van der Waals surface area contributed by atoms with Crippen molar-refractivity contribution in [2.24, 2.45) is 0 Å². The molecular weight excluding hydrogens is 316 g/mol. The average Bonchev–Trinajstić information content (AvgIpc) is 3.04. The zero-order valence-electron chi connectivity index (χ0n) is 13.3. The molecule has 3 heterocycles. The molecule has 2 aliphatic heterocycles. The number of amides is 2. The van der Waals surface area contributed by atoms with Crippen molar-refractivity contribution in [1.29, 1.82) is 0 Å². The van der Waals surface area contributed by atoms with Gasteiger partial charge < -0.3 is 25.2 Å². The fourth-order valence-electron chi connectivity index (χ4n) is 3.22. The number of carbonyl (C=O) groups is 2. The molecule has 2 saturated heterocycles. The van der Waals surface area contributed by atoms with Crippen LogP contribution < -0.4 is 5.32 Å². The van der Waals surface area contributed by atoms with Gasteiger partial charge in [0, 0.05) is 32.2 Å². The molecule has 130 valence electrons. The van der Waals surface area contributed by atoms with E-state index in [1.165, 1.54) is 16.9 Å². The van der Waals surface area contributed by atoms with E-state index in [4.69, 9.17) is 0 Å². The second kappa shape index (κ2) is 6.95. The number of rotatable bonds is 4. The number of likely N-dealkylation sites (tertiary alicyclic amines) is 1. The smallest absolute Gasteiger partial charge is 0.358 e. The largest absolute Gasteiger partial charge is 0.389 e. The SMILES string of the molecule is O=C(Cn1ccc([N+](=O)[O-])n1)N1CCCC(N2CCNCC2=O)C1. The molecule has 0 radical (unpaired) electrons. The van der Waals surface area contributed by atoms with Crippen molar-refractivity contribution in [2.45, 2.75) is 25.4 Å². The van der Waals surface area contributed by atoms with Crippen molar-refractivity contribution in [3.8, 4) is 0 Å². The predicted molar refractivity (Wildman–Crippen MR) is 83.1 cm³/mol. The molecular formula is C14H20N6O4. The van der Waals surface area contributed by atoms with Crippen molar-refractivity contribution in [1.82, 2.24) is 24.9 Å². The van der Waals surface area contributed by atoms with Crippen LogP contribution >= 0.6 is 0 Å². The van der Waals surface area contributed by atoms with E-state index in [9.17, 15) is 19.7 Å². The molecule has 10 nitrogen and oxygen atoms in total. The minimum absolute atomic E-state index is 0.0317. The molecule has 1 aromatic rings. The van der Waals surface area contributed by atoms with E-state index in [1.807, 2.05) is 4.90 Å². The number of aromatic nitrogens is 2. The third-order valence-corrected chi connectivity index (χ3v) is 4.43. The number of nitrogens with one attached hydrogen (secondary N) is 1. The van der Waals surface area contributed by atoms with Crippen molar-refractivity contribution >= 4 is 17.6 Å². The first-order valence-corrected chi connectivity index (χ1v) is 8.00. The number of piperazine rings is 1. The van der Waals surface area contributed by atoms with Gasteiger partial charge in [-0.3, -0.25) is 9.59 Å².